The van der Waals surface area contributed by atoms with Crippen LogP contribution in [0.1, 0.15) is 15.9 Å². The second-order valence-electron chi connectivity index (χ2n) is 3.60. The predicted octanol–water partition coefficient (Wildman–Crippen LogP) is 1.51. The number of hydrogen-bond acceptors (Lipinski definition) is 3. The molecule has 0 unspecified atom stereocenters. The number of amides is 1. The van der Waals surface area contributed by atoms with Crippen LogP contribution in [0, 0.1) is 0 Å². The summed E-state index contributed by atoms with van der Waals surface area (Å²) < 4.78 is 2.48. The smallest absolute Gasteiger partial charge is 0.253 e. The average Bonchev–Trinajstić information content (AvgIpc) is 2.72. The van der Waals surface area contributed by atoms with Crippen molar-refractivity contribution < 1.29 is 4.79 Å². The van der Waals surface area contributed by atoms with Gasteiger partial charge in [-0.15, -0.1) is 0 Å². The quantitative estimate of drug-likeness (QED) is 0.933. The molecule has 0 saturated carbocycles. The minimum Gasteiger partial charge on any atom is -0.348 e. The third-order valence-electron chi connectivity index (χ3n) is 2.18. The molecule has 2 heterocycles. The minimum absolute atomic E-state index is 0.150. The number of hydrogen-bond donors (Lipinski definition) is 1. The number of carbonyl (C=O) groups excluding carboxylic acids is 1. The van der Waals surface area contributed by atoms with E-state index in [-0.39, 0.29) is 5.91 Å². The van der Waals surface area contributed by atoms with Gasteiger partial charge < -0.3 is 5.32 Å². The van der Waals surface area contributed by atoms with E-state index in [9.17, 15) is 4.79 Å². The fraction of sp³-hybridized carbons (Fsp3) is 0.182. The molecule has 88 valence electrons. The van der Waals surface area contributed by atoms with Crippen molar-refractivity contribution in [2.24, 2.45) is 7.05 Å². The van der Waals surface area contributed by atoms with Crippen LogP contribution in [0.3, 0.4) is 0 Å². The first-order valence-corrected chi connectivity index (χ1v) is 5.81. The number of nitrogens with one attached hydrogen (secondary N) is 1. The van der Waals surface area contributed by atoms with Gasteiger partial charge in [0.15, 0.2) is 0 Å². The van der Waals surface area contributed by atoms with E-state index in [0.29, 0.717) is 12.1 Å². The van der Waals surface area contributed by atoms with E-state index in [1.807, 2.05) is 13.2 Å². The van der Waals surface area contributed by atoms with E-state index in [2.05, 4.69) is 31.3 Å². The highest BCUT2D eigenvalue weighted by Crippen LogP contribution is 2.09. The molecule has 6 heteroatoms. The van der Waals surface area contributed by atoms with Gasteiger partial charge in [0.1, 0.15) is 0 Å². The van der Waals surface area contributed by atoms with E-state index in [0.717, 1.165) is 10.0 Å². The molecule has 1 N–H and O–H groups in total. The van der Waals surface area contributed by atoms with Gasteiger partial charge >= 0.3 is 0 Å². The maximum Gasteiger partial charge on any atom is 0.253 e. The molecule has 2 rings (SSSR count). The van der Waals surface area contributed by atoms with Gasteiger partial charge in [-0.1, -0.05) is 0 Å². The Hall–Kier alpha value is -1.69. The summed E-state index contributed by atoms with van der Waals surface area (Å²) in [4.78, 5) is 15.7. The van der Waals surface area contributed by atoms with Crippen LogP contribution in [0.15, 0.2) is 35.3 Å². The standard InChI is InChI=1S/C11H11BrN4O/c1-16-7-8(4-15-16)3-14-11(17)9-2-10(12)6-13-5-9/h2,4-7H,3H2,1H3,(H,14,17). The van der Waals surface area contributed by atoms with Crippen LogP contribution >= 0.6 is 15.9 Å². The molecule has 0 aromatic carbocycles. The van der Waals surface area contributed by atoms with Crippen molar-refractivity contribution in [1.82, 2.24) is 20.1 Å². The van der Waals surface area contributed by atoms with Crippen molar-refractivity contribution in [3.05, 3.63) is 46.5 Å². The van der Waals surface area contributed by atoms with Gasteiger partial charge in [-0.05, 0) is 22.0 Å². The van der Waals surface area contributed by atoms with Gasteiger partial charge in [0, 0.05) is 42.2 Å². The Bertz CT molecular complexity index is 538. The third-order valence-corrected chi connectivity index (χ3v) is 2.61. The molecule has 0 aliphatic heterocycles. The van der Waals surface area contributed by atoms with Gasteiger partial charge in [0.25, 0.3) is 5.91 Å². The van der Waals surface area contributed by atoms with E-state index < -0.39 is 0 Å². The van der Waals surface area contributed by atoms with Crippen molar-refractivity contribution in [1.29, 1.82) is 0 Å². The molecule has 17 heavy (non-hydrogen) atoms. The van der Waals surface area contributed by atoms with Gasteiger partial charge in [0.05, 0.1) is 11.8 Å². The first-order chi connectivity index (χ1) is 8.15. The molecule has 0 bridgehead atoms. The molecule has 0 spiro atoms. The number of pyridine rings is 1. The Morgan fingerprint density at radius 1 is 1.47 bits per heavy atom. The SMILES string of the molecule is Cn1cc(CNC(=O)c2cncc(Br)c2)cn1. The number of nitrogens with zero attached hydrogens (tertiary/aromatic N) is 3. The molecule has 2 aromatic rings. The molecule has 0 saturated heterocycles. The predicted molar refractivity (Wildman–Crippen MR) is 66.3 cm³/mol. The number of carbonyl (C=O) groups is 1. The molecule has 0 radical (unpaired) electrons. The van der Waals surface area contributed by atoms with Crippen molar-refractivity contribution in [3.63, 3.8) is 0 Å². The number of aryl methyl sites for hydroxylation is 1. The first-order valence-electron chi connectivity index (χ1n) is 5.01. The minimum atomic E-state index is -0.150. The topological polar surface area (TPSA) is 59.8 Å². The molecular weight excluding hydrogens is 284 g/mol. The molecule has 0 aliphatic rings. The number of aromatic nitrogens is 3. The zero-order valence-electron chi connectivity index (χ0n) is 9.22. The molecule has 0 fully saturated rings. The Morgan fingerprint density at radius 2 is 2.29 bits per heavy atom. The summed E-state index contributed by atoms with van der Waals surface area (Å²) in [5.41, 5.74) is 1.49. The summed E-state index contributed by atoms with van der Waals surface area (Å²) in [6.45, 7) is 0.458. The Morgan fingerprint density at radius 3 is 2.94 bits per heavy atom. The van der Waals surface area contributed by atoms with Crippen molar-refractivity contribution in [2.75, 3.05) is 0 Å². The lowest BCUT2D eigenvalue weighted by atomic mass is 10.2. The van der Waals surface area contributed by atoms with Crippen molar-refractivity contribution in [2.45, 2.75) is 6.54 Å². The zero-order chi connectivity index (χ0) is 12.3. The van der Waals surface area contributed by atoms with E-state index in [1.54, 1.807) is 23.1 Å². The Kier molecular flexibility index (Phi) is 3.53. The maximum atomic E-state index is 11.8. The summed E-state index contributed by atoms with van der Waals surface area (Å²) in [6, 6.07) is 1.73. The molecule has 0 atom stereocenters. The summed E-state index contributed by atoms with van der Waals surface area (Å²) in [6.07, 6.45) is 6.75. The van der Waals surface area contributed by atoms with Crippen LogP contribution in [0.4, 0.5) is 0 Å². The van der Waals surface area contributed by atoms with Crippen LogP contribution in [-0.4, -0.2) is 20.7 Å². The fourth-order valence-corrected chi connectivity index (χ4v) is 1.75. The second kappa shape index (κ2) is 5.09. The largest absolute Gasteiger partial charge is 0.348 e. The van der Waals surface area contributed by atoms with Crippen molar-refractivity contribution in [3.8, 4) is 0 Å². The monoisotopic (exact) mass is 294 g/mol. The number of halogens is 1. The van der Waals surface area contributed by atoms with E-state index in [4.69, 9.17) is 0 Å². The van der Waals surface area contributed by atoms with Crippen LogP contribution in [0.25, 0.3) is 0 Å². The van der Waals surface area contributed by atoms with Crippen LogP contribution in [0.5, 0.6) is 0 Å². The third kappa shape index (κ3) is 3.13. The average molecular weight is 295 g/mol. The first kappa shape index (κ1) is 11.8. The highest BCUT2D eigenvalue weighted by molar-refractivity contribution is 9.10. The molecule has 1 amide bonds. The second-order valence-corrected chi connectivity index (χ2v) is 4.51. The molecule has 0 aliphatic carbocycles. The van der Waals surface area contributed by atoms with Crippen molar-refractivity contribution >= 4 is 21.8 Å². The summed E-state index contributed by atoms with van der Waals surface area (Å²) >= 11 is 3.27. The van der Waals surface area contributed by atoms with Crippen LogP contribution in [0.2, 0.25) is 0 Å². The van der Waals surface area contributed by atoms with E-state index >= 15 is 0 Å². The van der Waals surface area contributed by atoms with Gasteiger partial charge in [-0.2, -0.15) is 5.10 Å². The van der Waals surface area contributed by atoms with Gasteiger partial charge in [-0.25, -0.2) is 0 Å². The summed E-state index contributed by atoms with van der Waals surface area (Å²) in [5, 5.41) is 6.83. The lowest BCUT2D eigenvalue weighted by Crippen LogP contribution is -2.22. The maximum absolute atomic E-state index is 11.8. The van der Waals surface area contributed by atoms with Gasteiger partial charge in [-0.3, -0.25) is 14.5 Å². The molecule has 5 nitrogen and oxygen atoms in total. The fourth-order valence-electron chi connectivity index (χ4n) is 1.38. The lowest BCUT2D eigenvalue weighted by Gasteiger charge is -2.03. The Labute approximate surface area is 107 Å². The van der Waals surface area contributed by atoms with Crippen LogP contribution in [-0.2, 0) is 13.6 Å². The summed E-state index contributed by atoms with van der Waals surface area (Å²) in [7, 11) is 1.84. The normalized spacial score (nSPS) is 10.2. The number of rotatable bonds is 3. The van der Waals surface area contributed by atoms with Crippen LogP contribution < -0.4 is 5.32 Å². The van der Waals surface area contributed by atoms with Gasteiger partial charge in [0.2, 0.25) is 0 Å². The molecular formula is C11H11BrN4O. The Balaban J connectivity index is 1.98. The lowest BCUT2D eigenvalue weighted by molar-refractivity contribution is 0.0950. The molecule has 2 aromatic heterocycles. The highest BCUT2D eigenvalue weighted by atomic mass is 79.9. The summed E-state index contributed by atoms with van der Waals surface area (Å²) in [5.74, 6) is -0.150. The zero-order valence-corrected chi connectivity index (χ0v) is 10.8. The highest BCUT2D eigenvalue weighted by Gasteiger charge is 2.06. The van der Waals surface area contributed by atoms with E-state index in [1.165, 1.54) is 6.20 Å².